The fourth-order valence-electron chi connectivity index (χ4n) is 2.08. The molecular formula is C11H15N5O2S. The van der Waals surface area contributed by atoms with Crippen molar-refractivity contribution in [2.45, 2.75) is 19.9 Å². The summed E-state index contributed by atoms with van der Waals surface area (Å²) in [6.45, 7) is 3.79. The number of carbonyl (C=O) groups excluding carboxylic acids is 1. The monoisotopic (exact) mass is 281 g/mol. The molecule has 1 amide bonds. The molecule has 8 heteroatoms. The summed E-state index contributed by atoms with van der Waals surface area (Å²) < 4.78 is 7.12. The first-order valence-electron chi connectivity index (χ1n) is 5.76. The summed E-state index contributed by atoms with van der Waals surface area (Å²) in [5.74, 6) is -0.0874. The van der Waals surface area contributed by atoms with Gasteiger partial charge in [-0.3, -0.25) is 9.36 Å². The number of rotatable bonds is 4. The Balaban J connectivity index is 2.77. The molecule has 2 heterocycles. The van der Waals surface area contributed by atoms with E-state index in [0.29, 0.717) is 21.8 Å². The van der Waals surface area contributed by atoms with Crippen molar-refractivity contribution in [2.75, 3.05) is 7.11 Å². The zero-order valence-electron chi connectivity index (χ0n) is 10.9. The van der Waals surface area contributed by atoms with Gasteiger partial charge < -0.3 is 15.5 Å². The van der Waals surface area contributed by atoms with Crippen LogP contribution in [0.2, 0.25) is 0 Å². The molecule has 1 unspecified atom stereocenters. The first-order chi connectivity index (χ1) is 8.97. The second kappa shape index (κ2) is 4.96. The summed E-state index contributed by atoms with van der Waals surface area (Å²) >= 11 is 5.25. The van der Waals surface area contributed by atoms with Gasteiger partial charge in [-0.15, -0.1) is 0 Å². The summed E-state index contributed by atoms with van der Waals surface area (Å²) in [4.78, 5) is 22.8. The second-order valence-corrected chi connectivity index (χ2v) is 4.86. The van der Waals surface area contributed by atoms with Crippen LogP contribution in [0.25, 0.3) is 11.2 Å². The first kappa shape index (κ1) is 13.5. The van der Waals surface area contributed by atoms with Crippen LogP contribution < -0.4 is 10.5 Å². The van der Waals surface area contributed by atoms with Gasteiger partial charge in [-0.25, -0.2) is 4.98 Å². The van der Waals surface area contributed by atoms with E-state index < -0.39 is 11.9 Å². The Hall–Kier alpha value is -1.96. The molecular weight excluding hydrogens is 266 g/mol. The molecule has 0 bridgehead atoms. The fourth-order valence-corrected chi connectivity index (χ4v) is 2.38. The highest BCUT2D eigenvalue weighted by Gasteiger charge is 2.26. The third kappa shape index (κ3) is 2.19. The maximum Gasteiger partial charge on any atom is 0.242 e. The number of hydrogen-bond donors (Lipinski definition) is 2. The van der Waals surface area contributed by atoms with Crippen LogP contribution in [-0.4, -0.2) is 32.5 Å². The molecule has 3 N–H and O–H groups in total. The van der Waals surface area contributed by atoms with Gasteiger partial charge in [0.2, 0.25) is 11.8 Å². The van der Waals surface area contributed by atoms with E-state index in [4.69, 9.17) is 22.7 Å². The van der Waals surface area contributed by atoms with Crippen LogP contribution in [0, 0.1) is 10.7 Å². The van der Waals surface area contributed by atoms with Gasteiger partial charge in [-0.1, -0.05) is 13.8 Å². The Kier molecular flexibility index (Phi) is 3.52. The molecule has 2 aromatic rings. The van der Waals surface area contributed by atoms with Crippen LogP contribution >= 0.6 is 12.2 Å². The van der Waals surface area contributed by atoms with E-state index in [0.717, 1.165) is 0 Å². The van der Waals surface area contributed by atoms with Gasteiger partial charge in [-0.2, -0.15) is 4.98 Å². The van der Waals surface area contributed by atoms with E-state index in [1.807, 2.05) is 13.8 Å². The molecule has 0 saturated heterocycles. The van der Waals surface area contributed by atoms with Crippen molar-refractivity contribution >= 4 is 29.3 Å². The molecule has 0 aliphatic carbocycles. The maximum atomic E-state index is 11.7. The number of fused-ring (bicyclic) bond motifs is 1. The molecule has 19 heavy (non-hydrogen) atoms. The lowest BCUT2D eigenvalue weighted by Crippen LogP contribution is -2.30. The number of amides is 1. The molecule has 7 nitrogen and oxygen atoms in total. The summed E-state index contributed by atoms with van der Waals surface area (Å²) in [6.07, 6.45) is 1.36. The number of H-pyrrole nitrogens is 1. The average molecular weight is 281 g/mol. The number of nitrogens with two attached hydrogens (primary N) is 1. The molecule has 0 aliphatic heterocycles. The highest BCUT2D eigenvalue weighted by molar-refractivity contribution is 7.71. The van der Waals surface area contributed by atoms with Gasteiger partial charge >= 0.3 is 0 Å². The van der Waals surface area contributed by atoms with Crippen LogP contribution in [-0.2, 0) is 4.79 Å². The third-order valence-electron chi connectivity index (χ3n) is 2.87. The van der Waals surface area contributed by atoms with E-state index >= 15 is 0 Å². The lowest BCUT2D eigenvalue weighted by molar-refractivity contribution is -0.122. The lowest BCUT2D eigenvalue weighted by Gasteiger charge is -2.19. The minimum Gasteiger partial charge on any atom is -0.479 e. The molecule has 102 valence electrons. The minimum atomic E-state index is -0.569. The molecule has 2 aromatic heterocycles. The quantitative estimate of drug-likeness (QED) is 0.820. The molecule has 0 aliphatic rings. The van der Waals surface area contributed by atoms with Gasteiger partial charge in [0.05, 0.1) is 7.11 Å². The predicted molar refractivity (Wildman–Crippen MR) is 72.3 cm³/mol. The van der Waals surface area contributed by atoms with Crippen molar-refractivity contribution in [3.63, 3.8) is 0 Å². The van der Waals surface area contributed by atoms with Crippen molar-refractivity contribution in [3.8, 4) is 5.88 Å². The maximum absolute atomic E-state index is 11.7. The number of nitrogens with zero attached hydrogens (tertiary/aromatic N) is 3. The molecule has 0 saturated carbocycles. The summed E-state index contributed by atoms with van der Waals surface area (Å²) in [7, 11) is 1.50. The van der Waals surface area contributed by atoms with Gasteiger partial charge in [0, 0.05) is 0 Å². The van der Waals surface area contributed by atoms with Crippen molar-refractivity contribution < 1.29 is 9.53 Å². The van der Waals surface area contributed by atoms with Crippen molar-refractivity contribution in [1.82, 2.24) is 19.5 Å². The number of imidazole rings is 1. The number of primary amides is 1. The predicted octanol–water partition coefficient (Wildman–Crippen LogP) is 1.18. The number of ether oxygens (including phenoxy) is 1. The third-order valence-corrected chi connectivity index (χ3v) is 3.16. The lowest BCUT2D eigenvalue weighted by atomic mass is 10.0. The van der Waals surface area contributed by atoms with Crippen LogP contribution in [0.3, 0.4) is 0 Å². The summed E-state index contributed by atoms with van der Waals surface area (Å²) in [6, 6.07) is -0.569. The average Bonchev–Trinajstić information content (AvgIpc) is 2.66. The SMILES string of the molecule is COc1ncnc2c1[nH]c(=S)n2C(C(N)=O)C(C)C. The van der Waals surface area contributed by atoms with Crippen LogP contribution in [0.15, 0.2) is 6.33 Å². The Labute approximate surface area is 114 Å². The van der Waals surface area contributed by atoms with Crippen LogP contribution in [0.1, 0.15) is 19.9 Å². The number of nitrogens with one attached hydrogen (secondary N) is 1. The van der Waals surface area contributed by atoms with E-state index in [2.05, 4.69) is 15.0 Å². The van der Waals surface area contributed by atoms with Gasteiger partial charge in [-0.05, 0) is 18.1 Å². The fraction of sp³-hybridized carbons (Fsp3) is 0.455. The van der Waals surface area contributed by atoms with E-state index in [9.17, 15) is 4.79 Å². The molecule has 0 radical (unpaired) electrons. The molecule has 0 spiro atoms. The number of methoxy groups -OCH3 is 1. The topological polar surface area (TPSA) is 98.8 Å². The Bertz CT molecular complexity index is 675. The van der Waals surface area contributed by atoms with Crippen molar-refractivity contribution in [1.29, 1.82) is 0 Å². The Morgan fingerprint density at radius 2 is 2.21 bits per heavy atom. The van der Waals surface area contributed by atoms with Crippen LogP contribution in [0.4, 0.5) is 0 Å². The van der Waals surface area contributed by atoms with Gasteiger partial charge in [0.1, 0.15) is 17.9 Å². The molecule has 0 aromatic carbocycles. The Morgan fingerprint density at radius 1 is 1.53 bits per heavy atom. The largest absolute Gasteiger partial charge is 0.479 e. The van der Waals surface area contributed by atoms with Gasteiger partial charge in [0.25, 0.3) is 0 Å². The van der Waals surface area contributed by atoms with Gasteiger partial charge in [0.15, 0.2) is 10.4 Å². The minimum absolute atomic E-state index is 0.0100. The smallest absolute Gasteiger partial charge is 0.242 e. The zero-order chi connectivity index (χ0) is 14.2. The number of aromatic nitrogens is 4. The number of aromatic amines is 1. The standard InChI is InChI=1S/C11H15N5O2S/c1-5(2)7(8(12)17)16-9-6(15-11(16)19)10(18-3)14-4-13-9/h4-5,7H,1-3H3,(H2,12,17)(H,15,19). The van der Waals surface area contributed by atoms with Crippen molar-refractivity contribution in [3.05, 3.63) is 11.1 Å². The van der Waals surface area contributed by atoms with E-state index in [1.54, 1.807) is 4.57 Å². The van der Waals surface area contributed by atoms with Crippen LogP contribution in [0.5, 0.6) is 5.88 Å². The molecule has 0 fully saturated rings. The zero-order valence-corrected chi connectivity index (χ0v) is 11.7. The van der Waals surface area contributed by atoms with E-state index in [-0.39, 0.29) is 5.92 Å². The summed E-state index contributed by atoms with van der Waals surface area (Å²) in [5.41, 5.74) is 6.53. The second-order valence-electron chi connectivity index (χ2n) is 4.47. The highest BCUT2D eigenvalue weighted by atomic mass is 32.1. The first-order valence-corrected chi connectivity index (χ1v) is 6.16. The number of hydrogen-bond acceptors (Lipinski definition) is 5. The van der Waals surface area contributed by atoms with E-state index in [1.165, 1.54) is 13.4 Å². The Morgan fingerprint density at radius 3 is 2.74 bits per heavy atom. The van der Waals surface area contributed by atoms with Crippen molar-refractivity contribution in [2.24, 2.45) is 11.7 Å². The molecule has 2 rings (SSSR count). The molecule has 1 atom stereocenters. The normalized spacial score (nSPS) is 12.8. The number of carbonyl (C=O) groups is 1. The summed E-state index contributed by atoms with van der Waals surface area (Å²) in [5, 5.41) is 0. The highest BCUT2D eigenvalue weighted by Crippen LogP contribution is 2.26.